The van der Waals surface area contributed by atoms with Crippen molar-refractivity contribution in [2.45, 2.75) is 39.3 Å². The number of hydrogen-bond donors (Lipinski definition) is 0. The molecule has 5 rings (SSSR count). The van der Waals surface area contributed by atoms with Gasteiger partial charge in [0.2, 0.25) is 0 Å². The van der Waals surface area contributed by atoms with Gasteiger partial charge in [-0.1, -0.05) is 60.7 Å². The molecule has 0 unspecified atom stereocenters. The highest BCUT2D eigenvalue weighted by atomic mass is 16.2. The molecule has 0 spiro atoms. The zero-order valence-electron chi connectivity index (χ0n) is 20.5. The Morgan fingerprint density at radius 2 is 1.57 bits per heavy atom. The number of benzene rings is 2. The van der Waals surface area contributed by atoms with Crippen LogP contribution in [0.5, 0.6) is 0 Å². The van der Waals surface area contributed by atoms with E-state index in [0.29, 0.717) is 30.8 Å². The van der Waals surface area contributed by atoms with Gasteiger partial charge in [-0.3, -0.25) is 14.3 Å². The van der Waals surface area contributed by atoms with Gasteiger partial charge >= 0.3 is 0 Å². The van der Waals surface area contributed by atoms with Crippen LogP contribution in [0, 0.1) is 0 Å². The molecule has 178 valence electrons. The Balaban J connectivity index is 1.65. The average molecular weight is 468 g/mol. The monoisotopic (exact) mass is 467 g/mol. The van der Waals surface area contributed by atoms with Crippen molar-refractivity contribution in [1.29, 1.82) is 0 Å². The Morgan fingerprint density at radius 3 is 2.20 bits per heavy atom. The van der Waals surface area contributed by atoms with Crippen molar-refractivity contribution in [3.05, 3.63) is 94.0 Å². The second-order valence-electron chi connectivity index (χ2n) is 9.94. The van der Waals surface area contributed by atoms with Gasteiger partial charge in [0, 0.05) is 48.9 Å². The first kappa shape index (κ1) is 22.8. The molecule has 4 aromatic rings. The fourth-order valence-electron chi connectivity index (χ4n) is 4.76. The van der Waals surface area contributed by atoms with E-state index in [1.165, 1.54) is 4.68 Å². The van der Waals surface area contributed by atoms with E-state index in [-0.39, 0.29) is 17.0 Å². The number of carbonyl (C=O) groups excluding carboxylic acids is 1. The first-order valence-corrected chi connectivity index (χ1v) is 11.8. The molecular weight excluding hydrogens is 438 g/mol. The number of aromatic nitrogens is 4. The Kier molecular flexibility index (Phi) is 5.63. The second-order valence-corrected chi connectivity index (χ2v) is 9.94. The topological polar surface area (TPSA) is 73.0 Å². The SMILES string of the molecule is Cn1nc(-c2ccccc2)c(-c2ccccc2)c(C(=O)N2CCc3c(cnn3C(C)(C)C)C2)c1=O. The van der Waals surface area contributed by atoms with Crippen molar-refractivity contribution in [3.63, 3.8) is 0 Å². The summed E-state index contributed by atoms with van der Waals surface area (Å²) in [5.41, 5.74) is 4.62. The van der Waals surface area contributed by atoms with Gasteiger partial charge in [0.05, 0.1) is 17.4 Å². The number of nitrogens with zero attached hydrogens (tertiary/aromatic N) is 5. The van der Waals surface area contributed by atoms with Gasteiger partial charge in [0.25, 0.3) is 11.5 Å². The van der Waals surface area contributed by atoms with Crippen molar-refractivity contribution in [2.24, 2.45) is 7.05 Å². The maximum Gasteiger partial charge on any atom is 0.280 e. The number of fused-ring (bicyclic) bond motifs is 1. The first-order valence-electron chi connectivity index (χ1n) is 11.8. The fraction of sp³-hybridized carbons (Fsp3) is 0.286. The fourth-order valence-corrected chi connectivity index (χ4v) is 4.76. The van der Waals surface area contributed by atoms with Crippen LogP contribution in [0.2, 0.25) is 0 Å². The average Bonchev–Trinajstić information content (AvgIpc) is 3.30. The predicted octanol–water partition coefficient (Wildman–Crippen LogP) is 4.26. The van der Waals surface area contributed by atoms with Crippen LogP contribution in [0.3, 0.4) is 0 Å². The Hall–Kier alpha value is -4.00. The molecule has 35 heavy (non-hydrogen) atoms. The summed E-state index contributed by atoms with van der Waals surface area (Å²) < 4.78 is 3.31. The molecule has 0 saturated heterocycles. The van der Waals surface area contributed by atoms with Crippen LogP contribution in [0.1, 0.15) is 42.4 Å². The molecule has 3 heterocycles. The summed E-state index contributed by atoms with van der Waals surface area (Å²) in [5, 5.41) is 9.18. The molecule has 2 aromatic carbocycles. The van der Waals surface area contributed by atoms with Crippen molar-refractivity contribution < 1.29 is 4.79 Å². The third kappa shape index (κ3) is 4.07. The summed E-state index contributed by atoms with van der Waals surface area (Å²) >= 11 is 0. The van der Waals surface area contributed by atoms with E-state index in [1.807, 2.05) is 71.5 Å². The zero-order valence-corrected chi connectivity index (χ0v) is 20.5. The van der Waals surface area contributed by atoms with Crippen molar-refractivity contribution in [1.82, 2.24) is 24.5 Å². The third-order valence-corrected chi connectivity index (χ3v) is 6.43. The number of amides is 1. The number of hydrogen-bond acceptors (Lipinski definition) is 4. The van der Waals surface area contributed by atoms with Crippen molar-refractivity contribution in [3.8, 4) is 22.4 Å². The van der Waals surface area contributed by atoms with Gasteiger partial charge in [-0.15, -0.1) is 0 Å². The van der Waals surface area contributed by atoms with Gasteiger partial charge in [-0.25, -0.2) is 4.68 Å². The zero-order chi connectivity index (χ0) is 24.7. The summed E-state index contributed by atoms with van der Waals surface area (Å²) in [7, 11) is 1.60. The maximum atomic E-state index is 14.0. The molecule has 0 saturated carbocycles. The normalized spacial score (nSPS) is 13.5. The molecule has 7 nitrogen and oxygen atoms in total. The van der Waals surface area contributed by atoms with Gasteiger partial charge in [-0.05, 0) is 26.3 Å². The Bertz CT molecular complexity index is 1450. The summed E-state index contributed by atoms with van der Waals surface area (Å²) in [6, 6.07) is 19.2. The highest BCUT2D eigenvalue weighted by molar-refractivity contribution is 6.03. The summed E-state index contributed by atoms with van der Waals surface area (Å²) in [4.78, 5) is 29.2. The molecule has 1 aliphatic heterocycles. The van der Waals surface area contributed by atoms with Crippen molar-refractivity contribution >= 4 is 5.91 Å². The van der Waals surface area contributed by atoms with E-state index in [0.717, 1.165) is 22.4 Å². The minimum atomic E-state index is -0.398. The first-order chi connectivity index (χ1) is 16.8. The number of rotatable bonds is 3. The van der Waals surface area contributed by atoms with E-state index in [4.69, 9.17) is 0 Å². The third-order valence-electron chi connectivity index (χ3n) is 6.43. The van der Waals surface area contributed by atoms with Crippen LogP contribution in [0.25, 0.3) is 22.4 Å². The molecule has 0 bridgehead atoms. The molecule has 0 atom stereocenters. The second kappa shape index (κ2) is 8.65. The molecule has 0 aliphatic carbocycles. The predicted molar refractivity (Wildman–Crippen MR) is 136 cm³/mol. The van der Waals surface area contributed by atoms with Crippen LogP contribution in [-0.4, -0.2) is 36.9 Å². The number of aryl methyl sites for hydroxylation is 1. The van der Waals surface area contributed by atoms with Gasteiger partial charge in [-0.2, -0.15) is 10.2 Å². The van der Waals surface area contributed by atoms with E-state index in [1.54, 1.807) is 11.9 Å². The summed E-state index contributed by atoms with van der Waals surface area (Å²) in [5.74, 6) is -0.279. The maximum absolute atomic E-state index is 14.0. The Morgan fingerprint density at radius 1 is 0.943 bits per heavy atom. The van der Waals surface area contributed by atoms with Gasteiger partial charge in [0.15, 0.2) is 0 Å². The Labute approximate surface area is 204 Å². The highest BCUT2D eigenvalue weighted by Crippen LogP contribution is 2.33. The molecule has 0 radical (unpaired) electrons. The lowest BCUT2D eigenvalue weighted by Crippen LogP contribution is -2.41. The van der Waals surface area contributed by atoms with Crippen LogP contribution in [0.4, 0.5) is 0 Å². The lowest BCUT2D eigenvalue weighted by atomic mass is 9.94. The molecule has 7 heteroatoms. The lowest BCUT2D eigenvalue weighted by Gasteiger charge is -2.30. The minimum absolute atomic E-state index is 0.133. The summed E-state index contributed by atoms with van der Waals surface area (Å²) in [6.45, 7) is 7.31. The lowest BCUT2D eigenvalue weighted by molar-refractivity contribution is 0.0730. The van der Waals surface area contributed by atoms with E-state index < -0.39 is 5.56 Å². The molecule has 0 N–H and O–H groups in total. The smallest absolute Gasteiger partial charge is 0.280 e. The van der Waals surface area contributed by atoms with E-state index >= 15 is 0 Å². The van der Waals surface area contributed by atoms with Crippen molar-refractivity contribution in [2.75, 3.05) is 6.54 Å². The van der Waals surface area contributed by atoms with Crippen LogP contribution in [0.15, 0.2) is 71.7 Å². The van der Waals surface area contributed by atoms with E-state index in [9.17, 15) is 9.59 Å². The summed E-state index contributed by atoms with van der Waals surface area (Å²) in [6.07, 6.45) is 2.54. The molecule has 0 fully saturated rings. The van der Waals surface area contributed by atoms with Crippen LogP contribution < -0.4 is 5.56 Å². The quantitative estimate of drug-likeness (QED) is 0.451. The molecule has 1 amide bonds. The molecular formula is C28H29N5O2. The van der Waals surface area contributed by atoms with E-state index in [2.05, 4.69) is 31.0 Å². The van der Waals surface area contributed by atoms with Crippen LogP contribution in [-0.2, 0) is 25.6 Å². The minimum Gasteiger partial charge on any atom is -0.334 e. The highest BCUT2D eigenvalue weighted by Gasteiger charge is 2.32. The standard InChI is InChI=1S/C28H29N5O2/c1-28(2,3)33-22-15-16-32(18-21(22)17-29-33)27(35)24-23(19-11-7-5-8-12-19)25(30-31(4)26(24)34)20-13-9-6-10-14-20/h5-14,17H,15-16,18H2,1-4H3. The molecule has 1 aliphatic rings. The number of carbonyl (C=O) groups is 1. The largest absolute Gasteiger partial charge is 0.334 e. The van der Waals surface area contributed by atoms with Gasteiger partial charge in [0.1, 0.15) is 5.56 Å². The molecule has 2 aromatic heterocycles. The van der Waals surface area contributed by atoms with Crippen LogP contribution >= 0.6 is 0 Å². The van der Waals surface area contributed by atoms with Gasteiger partial charge < -0.3 is 4.90 Å².